The molecule has 0 bridgehead atoms. The number of benzene rings is 1. The Morgan fingerprint density at radius 3 is 2.92 bits per heavy atom. The van der Waals surface area contributed by atoms with Crippen LogP contribution in [0, 0.1) is 0 Å². The molecule has 1 saturated heterocycles. The number of amides is 1. The van der Waals surface area contributed by atoms with Gasteiger partial charge in [-0.05, 0) is 29.8 Å². The van der Waals surface area contributed by atoms with E-state index in [4.69, 9.17) is 27.9 Å². The van der Waals surface area contributed by atoms with Gasteiger partial charge in [0.05, 0.1) is 28.8 Å². The highest BCUT2D eigenvalue weighted by atomic mass is 35.5. The first-order valence-electron chi connectivity index (χ1n) is 7.58. The van der Waals surface area contributed by atoms with Gasteiger partial charge in [0, 0.05) is 19.8 Å². The lowest BCUT2D eigenvalue weighted by molar-refractivity contribution is -0.0228. The summed E-state index contributed by atoms with van der Waals surface area (Å²) in [4.78, 5) is 18.8. The molecule has 1 atom stereocenters. The third-order valence-corrected chi connectivity index (χ3v) is 4.68. The van der Waals surface area contributed by atoms with E-state index in [0.29, 0.717) is 41.1 Å². The molecule has 0 unspecified atom stereocenters. The van der Waals surface area contributed by atoms with Crippen molar-refractivity contribution >= 4 is 34.9 Å². The molecule has 24 heavy (non-hydrogen) atoms. The molecule has 1 N–H and O–H groups in total. The molecule has 2 heterocycles. The lowest BCUT2D eigenvalue weighted by atomic mass is 10.1. The zero-order valence-corrected chi connectivity index (χ0v) is 14.6. The van der Waals surface area contributed by atoms with Gasteiger partial charge in [0.15, 0.2) is 0 Å². The standard InChI is InChI=1S/C17H17Cl2N3O2/c1-20-16-12(3-2-6-21-16)17(23)22-7-8-24-15(10-22)11-4-5-13(18)14(19)9-11/h2-6,9,15H,7-8,10H2,1H3,(H,20,21)/t15-/m0/s1. The summed E-state index contributed by atoms with van der Waals surface area (Å²) >= 11 is 12.0. The summed E-state index contributed by atoms with van der Waals surface area (Å²) in [6.45, 7) is 1.45. The molecule has 1 aromatic carbocycles. The van der Waals surface area contributed by atoms with Gasteiger partial charge < -0.3 is 15.0 Å². The second kappa shape index (κ2) is 7.38. The number of anilines is 1. The molecule has 1 fully saturated rings. The SMILES string of the molecule is CNc1ncccc1C(=O)N1CCO[C@H](c2ccc(Cl)c(Cl)c2)C1. The van der Waals surface area contributed by atoms with Gasteiger partial charge in [0.1, 0.15) is 11.9 Å². The van der Waals surface area contributed by atoms with E-state index < -0.39 is 0 Å². The molecule has 0 saturated carbocycles. The first kappa shape index (κ1) is 17.0. The van der Waals surface area contributed by atoms with Crippen molar-refractivity contribution in [2.45, 2.75) is 6.10 Å². The average molecular weight is 366 g/mol. The number of morpholine rings is 1. The maximum absolute atomic E-state index is 12.8. The Hall–Kier alpha value is -1.82. The Labute approximate surface area is 150 Å². The molecule has 1 amide bonds. The van der Waals surface area contributed by atoms with Gasteiger partial charge in [-0.1, -0.05) is 29.3 Å². The lowest BCUT2D eigenvalue weighted by Gasteiger charge is -2.33. The fourth-order valence-electron chi connectivity index (χ4n) is 2.70. The van der Waals surface area contributed by atoms with Crippen molar-refractivity contribution < 1.29 is 9.53 Å². The van der Waals surface area contributed by atoms with Gasteiger partial charge >= 0.3 is 0 Å². The van der Waals surface area contributed by atoms with E-state index in [0.717, 1.165) is 5.56 Å². The predicted octanol–water partition coefficient (Wildman–Crippen LogP) is 3.64. The summed E-state index contributed by atoms with van der Waals surface area (Å²) in [7, 11) is 1.75. The fraction of sp³-hybridized carbons (Fsp3) is 0.294. The molecule has 3 rings (SSSR count). The highest BCUT2D eigenvalue weighted by Gasteiger charge is 2.27. The number of hydrogen-bond donors (Lipinski definition) is 1. The summed E-state index contributed by atoms with van der Waals surface area (Å²) < 4.78 is 5.80. The van der Waals surface area contributed by atoms with E-state index in [9.17, 15) is 4.79 Å². The predicted molar refractivity (Wildman–Crippen MR) is 94.8 cm³/mol. The number of ether oxygens (including phenoxy) is 1. The highest BCUT2D eigenvalue weighted by Crippen LogP contribution is 2.29. The molecule has 1 aliphatic heterocycles. The Balaban J connectivity index is 1.80. The Kier molecular flexibility index (Phi) is 5.23. The van der Waals surface area contributed by atoms with E-state index in [2.05, 4.69) is 10.3 Å². The van der Waals surface area contributed by atoms with Crippen LogP contribution in [-0.4, -0.2) is 42.5 Å². The molecular weight excluding hydrogens is 349 g/mol. The van der Waals surface area contributed by atoms with Crippen LogP contribution in [0.25, 0.3) is 0 Å². The maximum Gasteiger partial charge on any atom is 0.257 e. The van der Waals surface area contributed by atoms with Crippen LogP contribution < -0.4 is 5.32 Å². The monoisotopic (exact) mass is 365 g/mol. The Morgan fingerprint density at radius 2 is 2.17 bits per heavy atom. The van der Waals surface area contributed by atoms with Crippen LogP contribution in [-0.2, 0) is 4.74 Å². The van der Waals surface area contributed by atoms with Gasteiger partial charge in [-0.2, -0.15) is 0 Å². The van der Waals surface area contributed by atoms with E-state index in [1.165, 1.54) is 0 Å². The third-order valence-electron chi connectivity index (χ3n) is 3.94. The zero-order valence-electron chi connectivity index (χ0n) is 13.1. The zero-order chi connectivity index (χ0) is 17.1. The molecule has 0 radical (unpaired) electrons. The second-order valence-corrected chi connectivity index (χ2v) is 6.25. The number of nitrogens with one attached hydrogen (secondary N) is 1. The highest BCUT2D eigenvalue weighted by molar-refractivity contribution is 6.42. The van der Waals surface area contributed by atoms with Gasteiger partial charge in [-0.3, -0.25) is 4.79 Å². The summed E-state index contributed by atoms with van der Waals surface area (Å²) in [5.41, 5.74) is 1.46. The second-order valence-electron chi connectivity index (χ2n) is 5.43. The minimum absolute atomic E-state index is 0.0687. The molecule has 2 aromatic rings. The van der Waals surface area contributed by atoms with Crippen molar-refractivity contribution in [2.24, 2.45) is 0 Å². The fourth-order valence-corrected chi connectivity index (χ4v) is 3.00. The number of nitrogens with zero attached hydrogens (tertiary/aromatic N) is 2. The Bertz CT molecular complexity index is 754. The van der Waals surface area contributed by atoms with Crippen LogP contribution in [0.5, 0.6) is 0 Å². The largest absolute Gasteiger partial charge is 0.372 e. The quantitative estimate of drug-likeness (QED) is 0.901. The number of carbonyl (C=O) groups excluding carboxylic acids is 1. The molecule has 5 nitrogen and oxygen atoms in total. The molecule has 1 aromatic heterocycles. The van der Waals surface area contributed by atoms with E-state index >= 15 is 0 Å². The van der Waals surface area contributed by atoms with Crippen molar-refractivity contribution in [3.63, 3.8) is 0 Å². The number of carbonyl (C=O) groups is 1. The van der Waals surface area contributed by atoms with E-state index in [1.54, 1.807) is 42.4 Å². The van der Waals surface area contributed by atoms with E-state index in [-0.39, 0.29) is 12.0 Å². The van der Waals surface area contributed by atoms with Crippen molar-refractivity contribution in [1.29, 1.82) is 0 Å². The Morgan fingerprint density at radius 1 is 1.33 bits per heavy atom. The van der Waals surface area contributed by atoms with Crippen molar-refractivity contribution in [3.8, 4) is 0 Å². The summed E-state index contributed by atoms with van der Waals surface area (Å²) in [6, 6.07) is 8.92. The minimum Gasteiger partial charge on any atom is -0.372 e. The van der Waals surface area contributed by atoms with Crippen molar-refractivity contribution in [1.82, 2.24) is 9.88 Å². The number of rotatable bonds is 3. The molecule has 7 heteroatoms. The summed E-state index contributed by atoms with van der Waals surface area (Å²) in [6.07, 6.45) is 1.42. The molecular formula is C17H17Cl2N3O2. The maximum atomic E-state index is 12.8. The smallest absolute Gasteiger partial charge is 0.257 e. The number of pyridine rings is 1. The third kappa shape index (κ3) is 3.48. The van der Waals surface area contributed by atoms with Gasteiger partial charge in [-0.25, -0.2) is 4.98 Å². The van der Waals surface area contributed by atoms with Crippen LogP contribution in [0.2, 0.25) is 10.0 Å². The number of halogens is 2. The normalized spacial score (nSPS) is 17.6. The topological polar surface area (TPSA) is 54.5 Å². The van der Waals surface area contributed by atoms with E-state index in [1.807, 2.05) is 6.07 Å². The van der Waals surface area contributed by atoms with Crippen LogP contribution in [0.15, 0.2) is 36.5 Å². The molecule has 126 valence electrons. The van der Waals surface area contributed by atoms with Gasteiger partial charge in [-0.15, -0.1) is 0 Å². The minimum atomic E-state index is -0.229. The first-order valence-corrected chi connectivity index (χ1v) is 8.34. The van der Waals surface area contributed by atoms with Crippen molar-refractivity contribution in [2.75, 3.05) is 32.1 Å². The van der Waals surface area contributed by atoms with Crippen LogP contribution in [0.1, 0.15) is 22.0 Å². The molecule has 0 aliphatic carbocycles. The van der Waals surface area contributed by atoms with Crippen molar-refractivity contribution in [3.05, 3.63) is 57.7 Å². The first-order chi connectivity index (χ1) is 11.6. The lowest BCUT2D eigenvalue weighted by Crippen LogP contribution is -2.42. The number of hydrogen-bond acceptors (Lipinski definition) is 4. The van der Waals surface area contributed by atoms with Gasteiger partial charge in [0.2, 0.25) is 0 Å². The van der Waals surface area contributed by atoms with Crippen LogP contribution in [0.4, 0.5) is 5.82 Å². The summed E-state index contributed by atoms with van der Waals surface area (Å²) in [5, 5.41) is 3.93. The van der Waals surface area contributed by atoms with Gasteiger partial charge in [0.25, 0.3) is 5.91 Å². The average Bonchev–Trinajstić information content (AvgIpc) is 2.63. The molecule has 1 aliphatic rings. The van der Waals surface area contributed by atoms with Crippen LogP contribution in [0.3, 0.4) is 0 Å². The molecule has 0 spiro atoms. The van der Waals surface area contributed by atoms with Crippen LogP contribution >= 0.6 is 23.2 Å². The number of aromatic nitrogens is 1. The summed E-state index contributed by atoms with van der Waals surface area (Å²) in [5.74, 6) is 0.501.